The number of amides is 1. The Morgan fingerprint density at radius 3 is 2.55 bits per heavy atom. The van der Waals surface area contributed by atoms with Crippen molar-refractivity contribution < 1.29 is 4.79 Å². The highest BCUT2D eigenvalue weighted by atomic mass is 16.1. The first-order chi connectivity index (χ1) is 14.1. The van der Waals surface area contributed by atoms with Crippen molar-refractivity contribution in [2.45, 2.75) is 65.0 Å². The van der Waals surface area contributed by atoms with Crippen LogP contribution in [0.5, 0.6) is 0 Å². The number of hydrogen-bond acceptors (Lipinski definition) is 4. The van der Waals surface area contributed by atoms with Crippen molar-refractivity contribution >= 4 is 5.91 Å². The smallest absolute Gasteiger partial charge is 0.224 e. The lowest BCUT2D eigenvalue weighted by Gasteiger charge is -2.42. The largest absolute Gasteiger partial charge is 0.355 e. The van der Waals surface area contributed by atoms with E-state index in [0.29, 0.717) is 23.3 Å². The SMILES string of the molecule is CC(C)C1(CNC(=O)[C@H]2CCCN(C3CCN(Cc4ccncc4)CC3)C2)CC1. The van der Waals surface area contributed by atoms with Gasteiger partial charge in [-0.3, -0.25) is 19.6 Å². The molecular weight excluding hydrogens is 360 g/mol. The number of piperidine rings is 2. The fourth-order valence-electron chi connectivity index (χ4n) is 5.27. The molecule has 1 aromatic rings. The van der Waals surface area contributed by atoms with E-state index in [4.69, 9.17) is 0 Å². The molecule has 0 unspecified atom stereocenters. The molecule has 2 saturated heterocycles. The van der Waals surface area contributed by atoms with Gasteiger partial charge in [-0.2, -0.15) is 0 Å². The van der Waals surface area contributed by atoms with Crippen molar-refractivity contribution in [1.29, 1.82) is 0 Å². The van der Waals surface area contributed by atoms with Crippen molar-refractivity contribution in [3.63, 3.8) is 0 Å². The molecular formula is C24H38N4O. The van der Waals surface area contributed by atoms with Crippen molar-refractivity contribution in [3.05, 3.63) is 30.1 Å². The van der Waals surface area contributed by atoms with Gasteiger partial charge in [0.2, 0.25) is 5.91 Å². The molecule has 1 amide bonds. The normalized spacial score (nSPS) is 25.8. The van der Waals surface area contributed by atoms with Crippen molar-refractivity contribution in [2.24, 2.45) is 17.3 Å². The summed E-state index contributed by atoms with van der Waals surface area (Å²) in [4.78, 5) is 22.1. The summed E-state index contributed by atoms with van der Waals surface area (Å²) in [6.45, 7) is 10.9. The summed E-state index contributed by atoms with van der Waals surface area (Å²) < 4.78 is 0. The quantitative estimate of drug-likeness (QED) is 0.766. The highest BCUT2D eigenvalue weighted by Crippen LogP contribution is 2.51. The Bertz CT molecular complexity index is 665. The number of likely N-dealkylation sites (tertiary alicyclic amines) is 2. The number of hydrogen-bond donors (Lipinski definition) is 1. The molecule has 1 N–H and O–H groups in total. The van der Waals surface area contributed by atoms with Crippen molar-refractivity contribution in [1.82, 2.24) is 20.1 Å². The fraction of sp³-hybridized carbons (Fsp3) is 0.750. The summed E-state index contributed by atoms with van der Waals surface area (Å²) >= 11 is 0. The number of carbonyl (C=O) groups is 1. The summed E-state index contributed by atoms with van der Waals surface area (Å²) in [5.74, 6) is 1.15. The summed E-state index contributed by atoms with van der Waals surface area (Å²) in [5, 5.41) is 3.32. The Morgan fingerprint density at radius 2 is 1.90 bits per heavy atom. The maximum Gasteiger partial charge on any atom is 0.224 e. The Balaban J connectivity index is 1.22. The second kappa shape index (κ2) is 9.13. The molecule has 4 rings (SSSR count). The fourth-order valence-corrected chi connectivity index (χ4v) is 5.27. The molecule has 1 aromatic heterocycles. The maximum absolute atomic E-state index is 12.8. The number of nitrogens with one attached hydrogen (secondary N) is 1. The first-order valence-electron chi connectivity index (χ1n) is 11.7. The predicted molar refractivity (Wildman–Crippen MR) is 116 cm³/mol. The minimum absolute atomic E-state index is 0.182. The highest BCUT2D eigenvalue weighted by Gasteiger charge is 2.45. The maximum atomic E-state index is 12.8. The van der Waals surface area contributed by atoms with E-state index in [1.54, 1.807) is 0 Å². The van der Waals surface area contributed by atoms with Gasteiger partial charge in [0, 0.05) is 38.1 Å². The van der Waals surface area contributed by atoms with Crippen LogP contribution in [0.15, 0.2) is 24.5 Å². The molecule has 1 atom stereocenters. The number of nitrogens with zero attached hydrogens (tertiary/aromatic N) is 3. The van der Waals surface area contributed by atoms with Crippen LogP contribution in [0, 0.1) is 17.3 Å². The number of aromatic nitrogens is 1. The molecule has 2 aliphatic heterocycles. The second-order valence-electron chi connectivity index (χ2n) is 9.93. The van der Waals surface area contributed by atoms with E-state index in [9.17, 15) is 4.79 Å². The summed E-state index contributed by atoms with van der Waals surface area (Å²) in [7, 11) is 0. The van der Waals surface area contributed by atoms with Gasteiger partial charge >= 0.3 is 0 Å². The lowest BCUT2D eigenvalue weighted by molar-refractivity contribution is -0.127. The molecule has 0 radical (unpaired) electrons. The van der Waals surface area contributed by atoms with Crippen molar-refractivity contribution in [2.75, 3.05) is 32.7 Å². The van der Waals surface area contributed by atoms with E-state index in [-0.39, 0.29) is 5.92 Å². The van der Waals surface area contributed by atoms with Gasteiger partial charge in [0.25, 0.3) is 0 Å². The predicted octanol–water partition coefficient (Wildman–Crippen LogP) is 3.31. The van der Waals surface area contributed by atoms with Crippen LogP contribution in [0.1, 0.15) is 57.9 Å². The van der Waals surface area contributed by atoms with E-state index in [1.165, 1.54) is 31.2 Å². The van der Waals surface area contributed by atoms with Gasteiger partial charge in [0.15, 0.2) is 0 Å². The molecule has 5 heteroatoms. The average molecular weight is 399 g/mol. The van der Waals surface area contributed by atoms with Crippen molar-refractivity contribution in [3.8, 4) is 0 Å². The van der Waals surface area contributed by atoms with E-state index >= 15 is 0 Å². The van der Waals surface area contributed by atoms with Gasteiger partial charge in [-0.25, -0.2) is 0 Å². The van der Waals surface area contributed by atoms with Crippen LogP contribution in [-0.2, 0) is 11.3 Å². The molecule has 1 aliphatic carbocycles. The minimum atomic E-state index is 0.182. The summed E-state index contributed by atoms with van der Waals surface area (Å²) in [6.07, 6.45) is 11.0. The first kappa shape index (κ1) is 20.8. The number of carbonyl (C=O) groups excluding carboxylic acids is 1. The first-order valence-corrected chi connectivity index (χ1v) is 11.7. The molecule has 5 nitrogen and oxygen atoms in total. The zero-order valence-corrected chi connectivity index (χ0v) is 18.3. The molecule has 0 spiro atoms. The Labute approximate surface area is 176 Å². The van der Waals surface area contributed by atoms with Crippen LogP contribution in [0.3, 0.4) is 0 Å². The Morgan fingerprint density at radius 1 is 1.17 bits per heavy atom. The van der Waals surface area contributed by atoms with Crippen LogP contribution in [0.4, 0.5) is 0 Å². The van der Waals surface area contributed by atoms with Crippen LogP contribution in [0.2, 0.25) is 0 Å². The highest BCUT2D eigenvalue weighted by molar-refractivity contribution is 5.79. The third kappa shape index (κ3) is 5.18. The minimum Gasteiger partial charge on any atom is -0.355 e. The van der Waals surface area contributed by atoms with Crippen LogP contribution in [0.25, 0.3) is 0 Å². The Hall–Kier alpha value is -1.46. The third-order valence-electron chi connectivity index (χ3n) is 7.78. The molecule has 1 saturated carbocycles. The lowest BCUT2D eigenvalue weighted by atomic mass is 9.91. The van der Waals surface area contributed by atoms with Gasteiger partial charge in [-0.15, -0.1) is 0 Å². The summed E-state index contributed by atoms with van der Waals surface area (Å²) in [6, 6.07) is 4.88. The molecule has 29 heavy (non-hydrogen) atoms. The topological polar surface area (TPSA) is 48.5 Å². The summed E-state index contributed by atoms with van der Waals surface area (Å²) in [5.41, 5.74) is 1.74. The van der Waals surface area contributed by atoms with Gasteiger partial charge in [0.1, 0.15) is 0 Å². The van der Waals surface area contributed by atoms with E-state index in [0.717, 1.165) is 52.1 Å². The van der Waals surface area contributed by atoms with Gasteiger partial charge in [0.05, 0.1) is 5.92 Å². The molecule has 3 heterocycles. The molecule has 0 bridgehead atoms. The van der Waals surface area contributed by atoms with Crippen LogP contribution < -0.4 is 5.32 Å². The van der Waals surface area contributed by atoms with E-state index in [1.807, 2.05) is 12.4 Å². The zero-order valence-electron chi connectivity index (χ0n) is 18.3. The van der Waals surface area contributed by atoms with Crippen LogP contribution >= 0.6 is 0 Å². The molecule has 0 aromatic carbocycles. The lowest BCUT2D eigenvalue weighted by Crippen LogP contribution is -2.51. The molecule has 3 fully saturated rings. The van der Waals surface area contributed by atoms with E-state index < -0.39 is 0 Å². The van der Waals surface area contributed by atoms with Crippen LogP contribution in [-0.4, -0.2) is 59.5 Å². The third-order valence-corrected chi connectivity index (χ3v) is 7.78. The number of pyridine rings is 1. The molecule has 3 aliphatic rings. The number of rotatable bonds is 7. The van der Waals surface area contributed by atoms with E-state index in [2.05, 4.69) is 46.1 Å². The Kier molecular flexibility index (Phi) is 6.55. The standard InChI is InChI=1S/C24H38N4O/c1-19(2)24(9-10-24)18-26-23(29)21-4-3-13-28(17-21)22-7-14-27(15-8-22)16-20-5-11-25-12-6-20/h5-6,11-12,19,21-22H,3-4,7-10,13-18H2,1-2H3,(H,26,29)/t21-/m0/s1. The zero-order chi connectivity index (χ0) is 20.3. The van der Waals surface area contributed by atoms with Gasteiger partial charge < -0.3 is 5.32 Å². The van der Waals surface area contributed by atoms with Gasteiger partial charge in [-0.05, 0) is 87.2 Å². The second-order valence-corrected chi connectivity index (χ2v) is 9.93. The molecule has 160 valence electrons. The van der Waals surface area contributed by atoms with Gasteiger partial charge in [-0.1, -0.05) is 13.8 Å². The monoisotopic (exact) mass is 398 g/mol. The average Bonchev–Trinajstić information content (AvgIpc) is 3.55.